The van der Waals surface area contributed by atoms with Crippen LogP contribution >= 0.6 is 0 Å². The molecule has 1 aliphatic rings. The Hall–Kier alpha value is -1.58. The van der Waals surface area contributed by atoms with Crippen molar-refractivity contribution in [1.29, 1.82) is 0 Å². The molecule has 0 bridgehead atoms. The number of aryl methyl sites for hydroxylation is 2. The molecule has 0 aromatic carbocycles. The number of rotatable bonds is 4. The van der Waals surface area contributed by atoms with Gasteiger partial charge in [0.25, 0.3) is 0 Å². The average molecular weight is 234 g/mol. The fourth-order valence-corrected chi connectivity index (χ4v) is 1.92. The number of pyridine rings is 1. The van der Waals surface area contributed by atoms with Crippen LogP contribution in [0.25, 0.3) is 0 Å². The summed E-state index contributed by atoms with van der Waals surface area (Å²) in [5.41, 5.74) is 2.22. The first-order chi connectivity index (χ1) is 7.91. The Kier molecular flexibility index (Phi) is 2.81. The summed E-state index contributed by atoms with van der Waals surface area (Å²) in [6.07, 6.45) is 2.40. The number of carboxylic acid groups (broad SMARTS) is 1. The van der Waals surface area contributed by atoms with Gasteiger partial charge in [0.2, 0.25) is 0 Å². The smallest absolute Gasteiger partial charge is 0.339 e. The monoisotopic (exact) mass is 234 g/mol. The Morgan fingerprint density at radius 2 is 2.18 bits per heavy atom. The lowest BCUT2D eigenvalue weighted by Gasteiger charge is -2.14. The number of hydrogen-bond acceptors (Lipinski definition) is 3. The summed E-state index contributed by atoms with van der Waals surface area (Å²) in [6.45, 7) is 6.68. The van der Waals surface area contributed by atoms with Gasteiger partial charge >= 0.3 is 5.97 Å². The van der Waals surface area contributed by atoms with Crippen molar-refractivity contribution < 1.29 is 9.90 Å². The number of carboxylic acids is 1. The molecule has 1 aromatic rings. The number of aromatic carboxylic acids is 1. The minimum Gasteiger partial charge on any atom is -0.478 e. The first kappa shape index (κ1) is 11.9. The van der Waals surface area contributed by atoms with Crippen LogP contribution in [0.4, 0.5) is 5.82 Å². The highest BCUT2D eigenvalue weighted by molar-refractivity contribution is 5.94. The van der Waals surface area contributed by atoms with E-state index in [0.717, 1.165) is 17.8 Å². The summed E-state index contributed by atoms with van der Waals surface area (Å²) in [4.78, 5) is 15.5. The van der Waals surface area contributed by atoms with Crippen LogP contribution in [-0.4, -0.2) is 22.6 Å². The van der Waals surface area contributed by atoms with Gasteiger partial charge in [-0.1, -0.05) is 6.92 Å². The second-order valence-corrected chi connectivity index (χ2v) is 5.27. The van der Waals surface area contributed by atoms with Gasteiger partial charge in [-0.2, -0.15) is 0 Å². The van der Waals surface area contributed by atoms with Crippen LogP contribution in [0.15, 0.2) is 6.07 Å². The van der Waals surface area contributed by atoms with E-state index in [0.29, 0.717) is 16.8 Å². The molecule has 1 saturated carbocycles. The van der Waals surface area contributed by atoms with Gasteiger partial charge in [-0.3, -0.25) is 0 Å². The summed E-state index contributed by atoms with van der Waals surface area (Å²) in [5, 5.41) is 12.4. The largest absolute Gasteiger partial charge is 0.478 e. The van der Waals surface area contributed by atoms with Crippen LogP contribution < -0.4 is 5.32 Å². The lowest BCUT2D eigenvalue weighted by molar-refractivity contribution is 0.0696. The fraction of sp³-hybridized carbons (Fsp3) is 0.538. The Bertz CT molecular complexity index is 465. The van der Waals surface area contributed by atoms with Gasteiger partial charge in [-0.15, -0.1) is 0 Å². The Labute approximate surface area is 101 Å². The van der Waals surface area contributed by atoms with E-state index in [2.05, 4.69) is 17.2 Å². The molecule has 0 unspecified atom stereocenters. The number of anilines is 1. The predicted octanol–water partition coefficient (Wildman–Crippen LogP) is 2.61. The second-order valence-electron chi connectivity index (χ2n) is 5.27. The van der Waals surface area contributed by atoms with E-state index in [1.165, 1.54) is 12.8 Å². The molecule has 2 N–H and O–H groups in total. The van der Waals surface area contributed by atoms with Crippen molar-refractivity contribution in [1.82, 2.24) is 4.98 Å². The van der Waals surface area contributed by atoms with E-state index in [1.54, 1.807) is 6.07 Å². The highest BCUT2D eigenvalue weighted by atomic mass is 16.4. The molecule has 0 radical (unpaired) electrons. The second kappa shape index (κ2) is 4.02. The zero-order chi connectivity index (χ0) is 12.6. The Morgan fingerprint density at radius 3 is 2.71 bits per heavy atom. The van der Waals surface area contributed by atoms with E-state index in [4.69, 9.17) is 0 Å². The third kappa shape index (κ3) is 2.57. The SMILES string of the molecule is Cc1cc(C)c(C(=O)O)c(NCC2(C)CC2)n1. The van der Waals surface area contributed by atoms with E-state index in [-0.39, 0.29) is 0 Å². The van der Waals surface area contributed by atoms with Gasteiger partial charge in [0, 0.05) is 12.2 Å². The first-order valence-corrected chi connectivity index (χ1v) is 5.87. The maximum absolute atomic E-state index is 11.2. The van der Waals surface area contributed by atoms with Crippen molar-refractivity contribution in [3.8, 4) is 0 Å². The molecule has 0 amide bonds. The molecule has 1 heterocycles. The maximum atomic E-state index is 11.2. The predicted molar refractivity (Wildman–Crippen MR) is 66.5 cm³/mol. The minimum atomic E-state index is -0.918. The molecule has 0 atom stereocenters. The Morgan fingerprint density at radius 1 is 1.53 bits per heavy atom. The van der Waals surface area contributed by atoms with Crippen LogP contribution in [0.1, 0.15) is 41.4 Å². The lowest BCUT2D eigenvalue weighted by atomic mass is 10.1. The van der Waals surface area contributed by atoms with E-state index in [1.807, 2.05) is 13.8 Å². The number of aromatic nitrogens is 1. The van der Waals surface area contributed by atoms with E-state index < -0.39 is 5.97 Å². The van der Waals surface area contributed by atoms with Crippen LogP contribution in [0.5, 0.6) is 0 Å². The summed E-state index contributed by atoms with van der Waals surface area (Å²) < 4.78 is 0. The molecule has 0 saturated heterocycles. The minimum absolute atomic E-state index is 0.292. The van der Waals surface area contributed by atoms with Gasteiger partial charge in [-0.25, -0.2) is 9.78 Å². The summed E-state index contributed by atoms with van der Waals surface area (Å²) in [5.74, 6) is -0.415. The van der Waals surface area contributed by atoms with Gasteiger partial charge < -0.3 is 10.4 Å². The summed E-state index contributed by atoms with van der Waals surface area (Å²) >= 11 is 0. The molecule has 4 heteroatoms. The fourth-order valence-electron chi connectivity index (χ4n) is 1.92. The first-order valence-electron chi connectivity index (χ1n) is 5.87. The van der Waals surface area contributed by atoms with Crippen molar-refractivity contribution in [3.05, 3.63) is 22.9 Å². The van der Waals surface area contributed by atoms with Crippen LogP contribution in [0.3, 0.4) is 0 Å². The summed E-state index contributed by atoms with van der Waals surface area (Å²) in [6, 6.07) is 1.80. The molecular formula is C13H18N2O2. The highest BCUT2D eigenvalue weighted by Crippen LogP contribution is 2.44. The molecule has 1 aromatic heterocycles. The van der Waals surface area contributed by atoms with Gasteiger partial charge in [0.15, 0.2) is 0 Å². The molecule has 0 spiro atoms. The van der Waals surface area contributed by atoms with Gasteiger partial charge in [-0.05, 0) is 43.7 Å². The Balaban J connectivity index is 2.26. The maximum Gasteiger partial charge on any atom is 0.339 e. The van der Waals surface area contributed by atoms with Crippen molar-refractivity contribution in [3.63, 3.8) is 0 Å². The van der Waals surface area contributed by atoms with Crippen molar-refractivity contribution in [2.45, 2.75) is 33.6 Å². The zero-order valence-electron chi connectivity index (χ0n) is 10.5. The van der Waals surface area contributed by atoms with E-state index in [9.17, 15) is 9.90 Å². The molecule has 17 heavy (non-hydrogen) atoms. The number of nitrogens with zero attached hydrogens (tertiary/aromatic N) is 1. The van der Waals surface area contributed by atoms with Crippen molar-refractivity contribution in [2.24, 2.45) is 5.41 Å². The van der Waals surface area contributed by atoms with Crippen molar-refractivity contribution >= 4 is 11.8 Å². The van der Waals surface area contributed by atoms with Gasteiger partial charge in [0.1, 0.15) is 11.4 Å². The normalized spacial score (nSPS) is 16.6. The molecule has 0 aliphatic heterocycles. The molecule has 1 fully saturated rings. The number of hydrogen-bond donors (Lipinski definition) is 2. The summed E-state index contributed by atoms with van der Waals surface area (Å²) in [7, 11) is 0. The topological polar surface area (TPSA) is 62.2 Å². The number of carbonyl (C=O) groups is 1. The standard InChI is InChI=1S/C13H18N2O2/c1-8-6-9(2)15-11(10(8)12(16)17)14-7-13(3)4-5-13/h6H,4-5,7H2,1-3H3,(H,14,15)(H,16,17). The molecular weight excluding hydrogens is 216 g/mol. The van der Waals surface area contributed by atoms with Gasteiger partial charge in [0.05, 0.1) is 0 Å². The third-order valence-corrected chi connectivity index (χ3v) is 3.34. The van der Waals surface area contributed by atoms with Crippen LogP contribution in [0.2, 0.25) is 0 Å². The molecule has 1 aliphatic carbocycles. The quantitative estimate of drug-likeness (QED) is 0.840. The molecule has 92 valence electrons. The van der Waals surface area contributed by atoms with Crippen LogP contribution in [-0.2, 0) is 0 Å². The average Bonchev–Trinajstić information content (AvgIpc) is 2.92. The number of nitrogens with one attached hydrogen (secondary N) is 1. The molecule has 2 rings (SSSR count). The highest BCUT2D eigenvalue weighted by Gasteiger charge is 2.37. The lowest BCUT2D eigenvalue weighted by Crippen LogP contribution is -2.16. The van der Waals surface area contributed by atoms with Crippen molar-refractivity contribution in [2.75, 3.05) is 11.9 Å². The van der Waals surface area contributed by atoms with E-state index >= 15 is 0 Å². The third-order valence-electron chi connectivity index (χ3n) is 3.34. The zero-order valence-corrected chi connectivity index (χ0v) is 10.5. The van der Waals surface area contributed by atoms with Crippen LogP contribution in [0, 0.1) is 19.3 Å². The molecule has 4 nitrogen and oxygen atoms in total.